The normalized spacial score (nSPS) is 10.4. The zero-order valence-electron chi connectivity index (χ0n) is 15.0. The van der Waals surface area contributed by atoms with Gasteiger partial charge in [-0.1, -0.05) is 12.1 Å². The van der Waals surface area contributed by atoms with Gasteiger partial charge in [-0.05, 0) is 43.3 Å². The third kappa shape index (κ3) is 3.82. The molecule has 0 saturated carbocycles. The SMILES string of the molecule is CCOC(=O)N(C)c1ccc(NC(=O)c2c[nH]c3ccccc3c2=O)cc1. The summed E-state index contributed by atoms with van der Waals surface area (Å²) >= 11 is 0. The summed E-state index contributed by atoms with van der Waals surface area (Å²) in [5.41, 5.74) is 1.50. The molecule has 27 heavy (non-hydrogen) atoms. The fourth-order valence-electron chi connectivity index (χ4n) is 2.63. The molecule has 1 heterocycles. The molecule has 0 aliphatic carbocycles. The van der Waals surface area contributed by atoms with E-state index in [-0.39, 0.29) is 17.6 Å². The predicted molar refractivity (Wildman–Crippen MR) is 104 cm³/mol. The molecule has 0 saturated heterocycles. The third-order valence-electron chi connectivity index (χ3n) is 4.09. The van der Waals surface area contributed by atoms with Crippen molar-refractivity contribution in [2.45, 2.75) is 6.92 Å². The summed E-state index contributed by atoms with van der Waals surface area (Å²) < 4.78 is 4.94. The van der Waals surface area contributed by atoms with E-state index in [2.05, 4.69) is 10.3 Å². The van der Waals surface area contributed by atoms with Gasteiger partial charge in [0.2, 0.25) is 5.43 Å². The summed E-state index contributed by atoms with van der Waals surface area (Å²) in [7, 11) is 1.60. The number of ether oxygens (including phenoxy) is 1. The summed E-state index contributed by atoms with van der Waals surface area (Å²) in [6, 6.07) is 13.7. The van der Waals surface area contributed by atoms with Crippen molar-refractivity contribution in [3.8, 4) is 0 Å². The van der Waals surface area contributed by atoms with E-state index < -0.39 is 12.0 Å². The first-order chi connectivity index (χ1) is 13.0. The standard InChI is InChI=1S/C20H19N3O4/c1-3-27-20(26)23(2)14-10-8-13(9-11-14)22-19(25)16-12-21-17-7-5-4-6-15(17)18(16)24/h4-12H,3H2,1-2H3,(H,21,24)(H,22,25). The lowest BCUT2D eigenvalue weighted by Gasteiger charge is -2.16. The zero-order chi connectivity index (χ0) is 19.4. The number of rotatable bonds is 4. The Morgan fingerprint density at radius 2 is 1.81 bits per heavy atom. The van der Waals surface area contributed by atoms with Crippen LogP contribution in [0, 0.1) is 0 Å². The van der Waals surface area contributed by atoms with E-state index in [1.165, 1.54) is 11.1 Å². The molecular weight excluding hydrogens is 346 g/mol. The van der Waals surface area contributed by atoms with Crippen LogP contribution in [0.2, 0.25) is 0 Å². The Morgan fingerprint density at radius 1 is 1.11 bits per heavy atom. The summed E-state index contributed by atoms with van der Waals surface area (Å²) in [5, 5.41) is 3.15. The molecule has 3 rings (SSSR count). The first-order valence-corrected chi connectivity index (χ1v) is 8.43. The quantitative estimate of drug-likeness (QED) is 0.741. The van der Waals surface area contributed by atoms with Crippen molar-refractivity contribution in [3.05, 3.63) is 70.5 Å². The van der Waals surface area contributed by atoms with Gasteiger partial charge in [-0.15, -0.1) is 0 Å². The number of fused-ring (bicyclic) bond motifs is 1. The molecule has 0 fully saturated rings. The smallest absolute Gasteiger partial charge is 0.413 e. The maximum absolute atomic E-state index is 12.5. The Bertz CT molecular complexity index is 1040. The van der Waals surface area contributed by atoms with Gasteiger partial charge in [-0.3, -0.25) is 14.5 Å². The second-order valence-electron chi connectivity index (χ2n) is 5.84. The average molecular weight is 365 g/mol. The van der Waals surface area contributed by atoms with E-state index in [9.17, 15) is 14.4 Å². The second kappa shape index (κ2) is 7.74. The number of aromatic nitrogens is 1. The molecule has 0 bridgehead atoms. The molecular formula is C20H19N3O4. The van der Waals surface area contributed by atoms with Crippen LogP contribution in [-0.4, -0.2) is 30.6 Å². The number of hydrogen-bond acceptors (Lipinski definition) is 4. The molecule has 3 aromatic rings. The van der Waals surface area contributed by atoms with Gasteiger partial charge in [-0.2, -0.15) is 0 Å². The number of H-pyrrole nitrogens is 1. The molecule has 0 aliphatic rings. The number of aromatic amines is 1. The van der Waals surface area contributed by atoms with E-state index in [1.807, 2.05) is 6.07 Å². The third-order valence-corrected chi connectivity index (χ3v) is 4.09. The Balaban J connectivity index is 1.78. The number of carbonyl (C=O) groups is 2. The average Bonchev–Trinajstić information content (AvgIpc) is 2.68. The number of para-hydroxylation sites is 1. The van der Waals surface area contributed by atoms with Crippen molar-refractivity contribution < 1.29 is 14.3 Å². The lowest BCUT2D eigenvalue weighted by molar-refractivity contribution is 0.102. The molecule has 0 radical (unpaired) electrons. The summed E-state index contributed by atoms with van der Waals surface area (Å²) in [4.78, 5) is 41.0. The molecule has 2 amide bonds. The van der Waals surface area contributed by atoms with Gasteiger partial charge in [-0.25, -0.2) is 4.79 Å². The van der Waals surface area contributed by atoms with Crippen LogP contribution in [0.5, 0.6) is 0 Å². The van der Waals surface area contributed by atoms with E-state index in [4.69, 9.17) is 4.74 Å². The Hall–Kier alpha value is -3.61. The molecule has 7 nitrogen and oxygen atoms in total. The van der Waals surface area contributed by atoms with Crippen molar-refractivity contribution in [1.29, 1.82) is 0 Å². The number of carbonyl (C=O) groups excluding carboxylic acids is 2. The van der Waals surface area contributed by atoms with Crippen molar-refractivity contribution in [1.82, 2.24) is 4.98 Å². The highest BCUT2D eigenvalue weighted by Gasteiger charge is 2.14. The number of pyridine rings is 1. The molecule has 0 atom stereocenters. The highest BCUT2D eigenvalue weighted by Crippen LogP contribution is 2.18. The monoisotopic (exact) mass is 365 g/mol. The molecule has 2 aromatic carbocycles. The lowest BCUT2D eigenvalue weighted by Crippen LogP contribution is -2.27. The number of nitrogens with one attached hydrogen (secondary N) is 2. The van der Waals surface area contributed by atoms with Gasteiger partial charge in [0.1, 0.15) is 5.56 Å². The Kier molecular flexibility index (Phi) is 5.21. The van der Waals surface area contributed by atoms with Crippen molar-refractivity contribution in [2.24, 2.45) is 0 Å². The van der Waals surface area contributed by atoms with Crippen LogP contribution in [0.1, 0.15) is 17.3 Å². The van der Waals surface area contributed by atoms with Crippen molar-refractivity contribution in [3.63, 3.8) is 0 Å². The lowest BCUT2D eigenvalue weighted by atomic mass is 10.1. The number of anilines is 2. The fourth-order valence-corrected chi connectivity index (χ4v) is 2.63. The first kappa shape index (κ1) is 18.2. The minimum Gasteiger partial charge on any atom is -0.449 e. The number of amides is 2. The van der Waals surface area contributed by atoms with E-state index >= 15 is 0 Å². The largest absolute Gasteiger partial charge is 0.449 e. The van der Waals surface area contributed by atoms with Gasteiger partial charge in [0, 0.05) is 35.5 Å². The molecule has 138 valence electrons. The minimum atomic E-state index is -0.506. The van der Waals surface area contributed by atoms with Gasteiger partial charge in [0.15, 0.2) is 0 Å². The maximum atomic E-state index is 12.5. The van der Waals surface area contributed by atoms with Gasteiger partial charge in [0.05, 0.1) is 6.61 Å². The molecule has 2 N–H and O–H groups in total. The summed E-state index contributed by atoms with van der Waals surface area (Å²) in [6.07, 6.45) is 0.945. The second-order valence-corrected chi connectivity index (χ2v) is 5.84. The Labute approximate surface area is 155 Å². The molecule has 0 aliphatic heterocycles. The first-order valence-electron chi connectivity index (χ1n) is 8.43. The zero-order valence-corrected chi connectivity index (χ0v) is 15.0. The van der Waals surface area contributed by atoms with Crippen LogP contribution in [0.25, 0.3) is 10.9 Å². The summed E-state index contributed by atoms with van der Waals surface area (Å²) in [5.74, 6) is -0.506. The van der Waals surface area contributed by atoms with E-state index in [0.717, 1.165) is 0 Å². The van der Waals surface area contributed by atoms with Gasteiger partial charge >= 0.3 is 6.09 Å². The van der Waals surface area contributed by atoms with Crippen LogP contribution in [-0.2, 0) is 4.74 Å². The van der Waals surface area contributed by atoms with Gasteiger partial charge in [0.25, 0.3) is 5.91 Å². The molecule has 7 heteroatoms. The van der Waals surface area contributed by atoms with Crippen LogP contribution in [0.3, 0.4) is 0 Å². The fraction of sp³-hybridized carbons (Fsp3) is 0.150. The number of benzene rings is 2. The minimum absolute atomic E-state index is 0.0291. The van der Waals surface area contributed by atoms with E-state index in [0.29, 0.717) is 22.3 Å². The predicted octanol–water partition coefficient (Wildman–Crippen LogP) is 3.37. The number of nitrogens with zero attached hydrogens (tertiary/aromatic N) is 1. The van der Waals surface area contributed by atoms with Crippen LogP contribution >= 0.6 is 0 Å². The summed E-state index contributed by atoms with van der Waals surface area (Å²) in [6.45, 7) is 2.02. The molecule has 1 aromatic heterocycles. The van der Waals surface area contributed by atoms with Crippen LogP contribution in [0.15, 0.2) is 59.5 Å². The highest BCUT2D eigenvalue weighted by molar-refractivity contribution is 6.05. The van der Waals surface area contributed by atoms with Crippen molar-refractivity contribution >= 4 is 34.3 Å². The maximum Gasteiger partial charge on any atom is 0.413 e. The van der Waals surface area contributed by atoms with Crippen molar-refractivity contribution in [2.75, 3.05) is 23.9 Å². The number of hydrogen-bond donors (Lipinski definition) is 2. The van der Waals surface area contributed by atoms with Gasteiger partial charge < -0.3 is 15.0 Å². The molecule has 0 unspecified atom stereocenters. The molecule has 0 spiro atoms. The highest BCUT2D eigenvalue weighted by atomic mass is 16.6. The van der Waals surface area contributed by atoms with Crippen LogP contribution < -0.4 is 15.6 Å². The van der Waals surface area contributed by atoms with E-state index in [1.54, 1.807) is 56.4 Å². The topological polar surface area (TPSA) is 91.5 Å². The van der Waals surface area contributed by atoms with Crippen LogP contribution in [0.4, 0.5) is 16.2 Å². The Morgan fingerprint density at radius 3 is 2.52 bits per heavy atom.